The summed E-state index contributed by atoms with van der Waals surface area (Å²) in [6.45, 7) is 1.95. The highest BCUT2D eigenvalue weighted by Gasteiger charge is 2.31. The van der Waals surface area contributed by atoms with E-state index in [1.807, 2.05) is 18.2 Å². The number of aryl methyl sites for hydroxylation is 1. The maximum Gasteiger partial charge on any atom is 0.229 e. The van der Waals surface area contributed by atoms with E-state index in [1.165, 1.54) is 6.92 Å². The first kappa shape index (κ1) is 18.3. The number of ketones is 1. The Kier molecular flexibility index (Phi) is 5.49. The van der Waals surface area contributed by atoms with Crippen molar-refractivity contribution in [2.45, 2.75) is 52.0 Å². The zero-order valence-corrected chi connectivity index (χ0v) is 15.0. The number of carbonyl (C=O) groups excluding carboxylic acids is 4. The Balaban J connectivity index is 1.60. The van der Waals surface area contributed by atoms with Crippen LogP contribution in [0.25, 0.3) is 0 Å². The van der Waals surface area contributed by atoms with E-state index >= 15 is 0 Å². The predicted octanol–water partition coefficient (Wildman–Crippen LogP) is 1.90. The van der Waals surface area contributed by atoms with E-state index in [9.17, 15) is 19.2 Å². The number of piperidine rings is 1. The topological polar surface area (TPSA) is 92.3 Å². The molecular formula is C20H24N2O4. The Morgan fingerprint density at radius 1 is 1.12 bits per heavy atom. The maximum atomic E-state index is 12.8. The van der Waals surface area contributed by atoms with Crippen molar-refractivity contribution >= 4 is 23.5 Å². The van der Waals surface area contributed by atoms with Crippen molar-refractivity contribution in [3.05, 3.63) is 34.9 Å². The number of hydrogen-bond donors (Lipinski definition) is 2. The van der Waals surface area contributed by atoms with Gasteiger partial charge >= 0.3 is 0 Å². The smallest absolute Gasteiger partial charge is 0.229 e. The summed E-state index contributed by atoms with van der Waals surface area (Å²) in [5.41, 5.74) is 2.79. The lowest BCUT2D eigenvalue weighted by atomic mass is 9.78. The van der Waals surface area contributed by atoms with Gasteiger partial charge in [0.05, 0.1) is 0 Å². The zero-order valence-electron chi connectivity index (χ0n) is 15.0. The third-order valence-corrected chi connectivity index (χ3v) is 5.33. The van der Waals surface area contributed by atoms with Crippen LogP contribution >= 0.6 is 0 Å². The van der Waals surface area contributed by atoms with Gasteiger partial charge in [0, 0.05) is 37.3 Å². The summed E-state index contributed by atoms with van der Waals surface area (Å²) >= 11 is 0. The molecule has 3 rings (SSSR count). The molecule has 1 heterocycles. The summed E-state index contributed by atoms with van der Waals surface area (Å²) in [5.74, 6) is -0.565. The van der Waals surface area contributed by atoms with Crippen molar-refractivity contribution in [2.75, 3.05) is 0 Å². The van der Waals surface area contributed by atoms with Crippen LogP contribution in [0.5, 0.6) is 0 Å². The van der Waals surface area contributed by atoms with Crippen molar-refractivity contribution in [3.8, 4) is 0 Å². The van der Waals surface area contributed by atoms with Crippen LogP contribution in [0.2, 0.25) is 0 Å². The van der Waals surface area contributed by atoms with Gasteiger partial charge in [-0.15, -0.1) is 0 Å². The van der Waals surface area contributed by atoms with E-state index in [-0.39, 0.29) is 35.3 Å². The first-order valence-corrected chi connectivity index (χ1v) is 9.18. The van der Waals surface area contributed by atoms with Gasteiger partial charge < -0.3 is 5.32 Å². The number of hydrogen-bond acceptors (Lipinski definition) is 4. The fraction of sp³-hybridized carbons (Fsp3) is 0.500. The Morgan fingerprint density at radius 3 is 2.58 bits per heavy atom. The third-order valence-electron chi connectivity index (χ3n) is 5.33. The summed E-state index contributed by atoms with van der Waals surface area (Å²) in [5, 5.41) is 5.14. The largest absolute Gasteiger partial charge is 0.352 e. The van der Waals surface area contributed by atoms with Crippen LogP contribution in [0.4, 0.5) is 0 Å². The van der Waals surface area contributed by atoms with Gasteiger partial charge in [-0.3, -0.25) is 24.5 Å². The first-order valence-electron chi connectivity index (χ1n) is 9.18. The number of benzene rings is 1. The van der Waals surface area contributed by atoms with E-state index in [4.69, 9.17) is 0 Å². The highest BCUT2D eigenvalue weighted by molar-refractivity contribution is 6.00. The van der Waals surface area contributed by atoms with Gasteiger partial charge in [-0.25, -0.2) is 0 Å². The number of carbonyl (C=O) groups is 4. The molecule has 0 bridgehead atoms. The number of Topliss-reactive ketones (excluding diaryl/α,β-unsaturated/α-hetero) is 1. The van der Waals surface area contributed by atoms with Gasteiger partial charge in [0.25, 0.3) is 0 Å². The molecule has 1 aliphatic carbocycles. The lowest BCUT2D eigenvalue weighted by Crippen LogP contribution is -2.41. The lowest BCUT2D eigenvalue weighted by molar-refractivity contribution is -0.136. The van der Waals surface area contributed by atoms with Crippen molar-refractivity contribution in [1.82, 2.24) is 10.6 Å². The van der Waals surface area contributed by atoms with Crippen molar-refractivity contribution in [2.24, 2.45) is 11.8 Å². The van der Waals surface area contributed by atoms with E-state index in [0.717, 1.165) is 29.5 Å². The molecule has 0 aromatic heterocycles. The monoisotopic (exact) mass is 356 g/mol. The highest BCUT2D eigenvalue weighted by atomic mass is 16.2. The second-order valence-electron chi connectivity index (χ2n) is 7.23. The molecule has 1 fully saturated rings. The van der Waals surface area contributed by atoms with Crippen LogP contribution < -0.4 is 10.6 Å². The second kappa shape index (κ2) is 7.81. The summed E-state index contributed by atoms with van der Waals surface area (Å²) in [4.78, 5) is 46.9. The summed E-state index contributed by atoms with van der Waals surface area (Å²) in [6, 6.07) is 5.74. The quantitative estimate of drug-likeness (QED) is 0.788. The van der Waals surface area contributed by atoms with Crippen molar-refractivity contribution in [1.29, 1.82) is 0 Å². The molecule has 3 amide bonds. The van der Waals surface area contributed by atoms with E-state index in [1.54, 1.807) is 0 Å². The van der Waals surface area contributed by atoms with Gasteiger partial charge in [-0.05, 0) is 43.2 Å². The van der Waals surface area contributed by atoms with Crippen LogP contribution in [-0.2, 0) is 27.3 Å². The second-order valence-corrected chi connectivity index (χ2v) is 7.23. The number of amides is 3. The lowest BCUT2D eigenvalue weighted by Gasteiger charge is -2.26. The van der Waals surface area contributed by atoms with Crippen LogP contribution in [0.3, 0.4) is 0 Å². The Hall–Kier alpha value is -2.50. The van der Waals surface area contributed by atoms with Crippen LogP contribution in [0, 0.1) is 11.8 Å². The van der Waals surface area contributed by atoms with Crippen molar-refractivity contribution in [3.63, 3.8) is 0 Å². The summed E-state index contributed by atoms with van der Waals surface area (Å²) in [6.07, 6.45) is 3.89. The Bertz CT molecular complexity index is 756. The van der Waals surface area contributed by atoms with Crippen LogP contribution in [0.1, 0.15) is 60.5 Å². The van der Waals surface area contributed by atoms with Gasteiger partial charge in [-0.1, -0.05) is 18.2 Å². The fourth-order valence-electron chi connectivity index (χ4n) is 3.80. The third kappa shape index (κ3) is 4.18. The molecule has 6 nitrogen and oxygen atoms in total. The molecular weight excluding hydrogens is 332 g/mol. The molecule has 0 radical (unpaired) electrons. The number of rotatable bonds is 5. The molecule has 0 spiro atoms. The summed E-state index contributed by atoms with van der Waals surface area (Å²) in [7, 11) is 0. The van der Waals surface area contributed by atoms with E-state index < -0.39 is 0 Å². The first-order chi connectivity index (χ1) is 12.4. The summed E-state index contributed by atoms with van der Waals surface area (Å²) < 4.78 is 0. The molecule has 138 valence electrons. The molecule has 2 aliphatic rings. The molecule has 6 heteroatoms. The molecule has 2 N–H and O–H groups in total. The average Bonchev–Trinajstić information content (AvgIpc) is 2.60. The van der Waals surface area contributed by atoms with E-state index in [0.29, 0.717) is 32.2 Å². The minimum Gasteiger partial charge on any atom is -0.352 e. The van der Waals surface area contributed by atoms with Gasteiger partial charge in [0.2, 0.25) is 17.7 Å². The SMILES string of the molecule is CC(=O)NCc1ccc2c(c1)CCC(CCC1CCC(=O)NC1=O)C2=O. The zero-order chi connectivity index (χ0) is 18.7. The Morgan fingerprint density at radius 2 is 1.85 bits per heavy atom. The van der Waals surface area contributed by atoms with Gasteiger partial charge in [-0.2, -0.15) is 0 Å². The number of fused-ring (bicyclic) bond motifs is 1. The van der Waals surface area contributed by atoms with Crippen LogP contribution in [-0.4, -0.2) is 23.5 Å². The molecule has 26 heavy (non-hydrogen) atoms. The standard InChI is InChI=1S/C20H24N2O4/c1-12(23)21-11-13-2-8-17-16(10-13)6-4-14(19(17)25)3-5-15-7-9-18(24)22-20(15)26/h2,8,10,14-15H,3-7,9,11H2,1H3,(H,21,23)(H,22,24,26). The maximum absolute atomic E-state index is 12.8. The Labute approximate surface area is 152 Å². The molecule has 1 aliphatic heterocycles. The molecule has 1 aromatic rings. The molecule has 0 saturated carbocycles. The number of nitrogens with one attached hydrogen (secondary N) is 2. The van der Waals surface area contributed by atoms with Crippen molar-refractivity contribution < 1.29 is 19.2 Å². The minimum atomic E-state index is -0.205. The minimum absolute atomic E-state index is 0.0610. The van der Waals surface area contributed by atoms with Crippen LogP contribution in [0.15, 0.2) is 18.2 Å². The normalized spacial score (nSPS) is 22.6. The van der Waals surface area contributed by atoms with Gasteiger partial charge in [0.15, 0.2) is 5.78 Å². The molecule has 2 unspecified atom stereocenters. The highest BCUT2D eigenvalue weighted by Crippen LogP contribution is 2.31. The predicted molar refractivity (Wildman–Crippen MR) is 95.2 cm³/mol. The van der Waals surface area contributed by atoms with E-state index in [2.05, 4.69) is 10.6 Å². The number of imide groups is 1. The fourth-order valence-corrected chi connectivity index (χ4v) is 3.80. The average molecular weight is 356 g/mol. The molecule has 2 atom stereocenters. The molecule has 1 saturated heterocycles. The molecule has 1 aromatic carbocycles. The van der Waals surface area contributed by atoms with Gasteiger partial charge in [0.1, 0.15) is 0 Å².